The van der Waals surface area contributed by atoms with Crippen molar-refractivity contribution in [3.8, 4) is 0 Å². The largest absolute Gasteiger partial charge is 0.354 e. The first-order valence-corrected chi connectivity index (χ1v) is 8.28. The molecule has 0 amide bonds. The van der Waals surface area contributed by atoms with Crippen LogP contribution >= 0.6 is 24.0 Å². The van der Waals surface area contributed by atoms with Crippen molar-refractivity contribution in [2.45, 2.75) is 25.8 Å². The monoisotopic (exact) mass is 430 g/mol. The molecule has 2 atom stereocenters. The molecule has 130 valence electrons. The molecule has 1 saturated heterocycles. The van der Waals surface area contributed by atoms with Crippen molar-refractivity contribution in [2.75, 3.05) is 40.8 Å². The van der Waals surface area contributed by atoms with Crippen LogP contribution in [0.25, 0.3) is 0 Å². The van der Waals surface area contributed by atoms with E-state index in [0.717, 1.165) is 31.5 Å². The first kappa shape index (κ1) is 20.2. The molecule has 2 unspecified atom stereocenters. The summed E-state index contributed by atoms with van der Waals surface area (Å²) in [5, 5.41) is 3.57. The van der Waals surface area contributed by atoms with Crippen LogP contribution in [0, 0.1) is 5.92 Å². The molecular weight excluding hydrogens is 399 g/mol. The summed E-state index contributed by atoms with van der Waals surface area (Å²) in [7, 11) is 6.14. The Bertz CT molecular complexity index is 475. The number of rotatable bonds is 4. The summed E-state index contributed by atoms with van der Waals surface area (Å²) in [6.07, 6.45) is 2.59. The number of likely N-dealkylation sites (N-methyl/N-ethyl adjacent to an activating group) is 1. The number of hydrogen-bond acceptors (Lipinski definition) is 2. The number of hydrogen-bond donors (Lipinski definition) is 1. The van der Waals surface area contributed by atoms with E-state index in [4.69, 9.17) is 0 Å². The van der Waals surface area contributed by atoms with Crippen molar-refractivity contribution in [1.29, 1.82) is 0 Å². The minimum absolute atomic E-state index is 0. The van der Waals surface area contributed by atoms with Gasteiger partial charge in [0.2, 0.25) is 0 Å². The van der Waals surface area contributed by atoms with Crippen LogP contribution in [0.1, 0.15) is 31.4 Å². The average molecular weight is 430 g/mol. The van der Waals surface area contributed by atoms with Crippen molar-refractivity contribution >= 4 is 29.9 Å². The number of benzene rings is 1. The molecule has 0 spiro atoms. The van der Waals surface area contributed by atoms with Gasteiger partial charge in [-0.15, -0.1) is 24.0 Å². The lowest BCUT2D eigenvalue weighted by atomic mass is 10.0. The van der Waals surface area contributed by atoms with Gasteiger partial charge in [0.1, 0.15) is 0 Å². The van der Waals surface area contributed by atoms with Crippen LogP contribution in [-0.2, 0) is 0 Å². The van der Waals surface area contributed by atoms with Gasteiger partial charge < -0.3 is 15.1 Å². The fourth-order valence-corrected chi connectivity index (χ4v) is 3.18. The standard InChI is InChI=1S/C18H30N4.HI/c1-15-9-8-12-22(14-15)18(19-2)20-13-17(21(3)4)16-10-6-5-7-11-16;/h5-7,10-11,15,17H,8-9,12-14H2,1-4H3,(H,19,20);1H. The number of aliphatic imine (C=N–C) groups is 1. The summed E-state index contributed by atoms with van der Waals surface area (Å²) in [6, 6.07) is 11.0. The van der Waals surface area contributed by atoms with Crippen LogP contribution in [0.2, 0.25) is 0 Å². The van der Waals surface area contributed by atoms with Gasteiger partial charge in [-0.2, -0.15) is 0 Å². The zero-order chi connectivity index (χ0) is 15.9. The third-order valence-corrected chi connectivity index (χ3v) is 4.43. The first-order chi connectivity index (χ1) is 10.6. The van der Waals surface area contributed by atoms with Gasteiger partial charge in [-0.05, 0) is 38.4 Å². The molecule has 1 aliphatic heterocycles. The summed E-state index contributed by atoms with van der Waals surface area (Å²) in [6.45, 7) is 5.42. The predicted molar refractivity (Wildman–Crippen MR) is 110 cm³/mol. The molecule has 0 bridgehead atoms. The minimum Gasteiger partial charge on any atom is -0.354 e. The molecule has 0 saturated carbocycles. The van der Waals surface area contributed by atoms with Crippen molar-refractivity contribution < 1.29 is 0 Å². The van der Waals surface area contributed by atoms with Gasteiger partial charge in [0.25, 0.3) is 0 Å². The van der Waals surface area contributed by atoms with Gasteiger partial charge in [-0.3, -0.25) is 4.99 Å². The fraction of sp³-hybridized carbons (Fsp3) is 0.611. The second kappa shape index (κ2) is 10.1. The molecule has 0 aliphatic carbocycles. The Kier molecular flexibility index (Phi) is 8.91. The van der Waals surface area contributed by atoms with E-state index in [2.05, 4.69) is 71.5 Å². The lowest BCUT2D eigenvalue weighted by Gasteiger charge is -2.34. The van der Waals surface area contributed by atoms with Crippen molar-refractivity contribution in [3.05, 3.63) is 35.9 Å². The minimum atomic E-state index is 0. The fourth-order valence-electron chi connectivity index (χ4n) is 3.18. The number of likely N-dealkylation sites (tertiary alicyclic amines) is 1. The Morgan fingerprint density at radius 1 is 1.35 bits per heavy atom. The van der Waals surface area contributed by atoms with Crippen molar-refractivity contribution in [3.63, 3.8) is 0 Å². The lowest BCUT2D eigenvalue weighted by molar-refractivity contribution is 0.258. The van der Waals surface area contributed by atoms with Gasteiger partial charge in [-0.25, -0.2) is 0 Å². The summed E-state index contributed by atoms with van der Waals surface area (Å²) in [5.41, 5.74) is 1.34. The molecule has 1 aromatic carbocycles. The highest BCUT2D eigenvalue weighted by Gasteiger charge is 2.21. The third kappa shape index (κ3) is 5.95. The van der Waals surface area contributed by atoms with Gasteiger partial charge >= 0.3 is 0 Å². The lowest BCUT2D eigenvalue weighted by Crippen LogP contribution is -2.48. The van der Waals surface area contributed by atoms with E-state index in [1.165, 1.54) is 18.4 Å². The SMILES string of the molecule is CN=C(NCC(c1ccccc1)N(C)C)N1CCCC(C)C1.I. The maximum atomic E-state index is 4.48. The molecule has 2 rings (SSSR count). The topological polar surface area (TPSA) is 30.9 Å². The van der Waals surface area contributed by atoms with Gasteiger partial charge in [-0.1, -0.05) is 37.3 Å². The average Bonchev–Trinajstić information content (AvgIpc) is 2.52. The van der Waals surface area contributed by atoms with Crippen LogP contribution in [-0.4, -0.2) is 56.5 Å². The Morgan fingerprint density at radius 3 is 2.61 bits per heavy atom. The number of halogens is 1. The van der Waals surface area contributed by atoms with Gasteiger partial charge in [0, 0.05) is 26.7 Å². The smallest absolute Gasteiger partial charge is 0.193 e. The van der Waals surface area contributed by atoms with Crippen molar-refractivity contribution in [1.82, 2.24) is 15.1 Å². The quantitative estimate of drug-likeness (QED) is 0.452. The number of nitrogens with zero attached hydrogens (tertiary/aromatic N) is 3. The highest BCUT2D eigenvalue weighted by atomic mass is 127. The third-order valence-electron chi connectivity index (χ3n) is 4.43. The van der Waals surface area contributed by atoms with Crippen molar-refractivity contribution in [2.24, 2.45) is 10.9 Å². The van der Waals surface area contributed by atoms with Crippen LogP contribution in [0.15, 0.2) is 35.3 Å². The Balaban J connectivity index is 0.00000264. The molecular formula is C18H31IN4. The molecule has 1 aliphatic rings. The molecule has 5 heteroatoms. The Labute approximate surface area is 158 Å². The summed E-state index contributed by atoms with van der Waals surface area (Å²) in [5.74, 6) is 1.79. The van der Waals surface area contributed by atoms with E-state index in [0.29, 0.717) is 6.04 Å². The van der Waals surface area contributed by atoms with Gasteiger partial charge in [0.15, 0.2) is 5.96 Å². The number of piperidine rings is 1. The van der Waals surface area contributed by atoms with E-state index in [1.807, 2.05) is 7.05 Å². The molecule has 1 fully saturated rings. The van der Waals surface area contributed by atoms with Crippen LogP contribution in [0.4, 0.5) is 0 Å². The van der Waals surface area contributed by atoms with E-state index in [-0.39, 0.29) is 24.0 Å². The molecule has 4 nitrogen and oxygen atoms in total. The molecule has 1 heterocycles. The zero-order valence-electron chi connectivity index (χ0n) is 14.8. The normalized spacial score (nSPS) is 20.1. The first-order valence-electron chi connectivity index (χ1n) is 8.28. The number of guanidine groups is 1. The summed E-state index contributed by atoms with van der Waals surface area (Å²) >= 11 is 0. The molecule has 1 N–H and O–H groups in total. The van der Waals surface area contributed by atoms with E-state index < -0.39 is 0 Å². The second-order valence-electron chi connectivity index (χ2n) is 6.51. The molecule has 0 aromatic heterocycles. The Hall–Kier alpha value is -0.820. The molecule has 23 heavy (non-hydrogen) atoms. The van der Waals surface area contributed by atoms with Crippen LogP contribution < -0.4 is 5.32 Å². The highest BCUT2D eigenvalue weighted by Crippen LogP contribution is 2.18. The maximum Gasteiger partial charge on any atom is 0.193 e. The van der Waals surface area contributed by atoms with E-state index in [9.17, 15) is 0 Å². The second-order valence-corrected chi connectivity index (χ2v) is 6.51. The van der Waals surface area contributed by atoms with Gasteiger partial charge in [0.05, 0.1) is 6.04 Å². The van der Waals surface area contributed by atoms with E-state index in [1.54, 1.807) is 0 Å². The maximum absolute atomic E-state index is 4.48. The molecule has 0 radical (unpaired) electrons. The summed E-state index contributed by atoms with van der Waals surface area (Å²) in [4.78, 5) is 9.14. The molecule has 1 aromatic rings. The highest BCUT2D eigenvalue weighted by molar-refractivity contribution is 14.0. The van der Waals surface area contributed by atoms with Crippen LogP contribution in [0.3, 0.4) is 0 Å². The number of nitrogens with one attached hydrogen (secondary N) is 1. The van der Waals surface area contributed by atoms with Crippen LogP contribution in [0.5, 0.6) is 0 Å². The zero-order valence-corrected chi connectivity index (χ0v) is 17.2. The van der Waals surface area contributed by atoms with E-state index >= 15 is 0 Å². The Morgan fingerprint density at radius 2 is 2.04 bits per heavy atom. The summed E-state index contributed by atoms with van der Waals surface area (Å²) < 4.78 is 0. The predicted octanol–water partition coefficient (Wildman–Crippen LogP) is 3.21.